The van der Waals surface area contributed by atoms with Crippen LogP contribution in [-0.2, 0) is 18.9 Å². The first-order valence-electron chi connectivity index (χ1n) is 21.0. The van der Waals surface area contributed by atoms with Crippen molar-refractivity contribution in [2.75, 3.05) is 13.2 Å². The van der Waals surface area contributed by atoms with Crippen molar-refractivity contribution in [3.05, 3.63) is 12.2 Å². The summed E-state index contributed by atoms with van der Waals surface area (Å²) in [5, 5.41) is 118. The van der Waals surface area contributed by atoms with Crippen LogP contribution in [0.4, 0.5) is 0 Å². The third-order valence-corrected chi connectivity index (χ3v) is 16.7. The van der Waals surface area contributed by atoms with E-state index in [1.165, 1.54) is 19.9 Å². The predicted molar refractivity (Wildman–Crippen MR) is 204 cm³/mol. The summed E-state index contributed by atoms with van der Waals surface area (Å²) in [6.07, 6.45) is -9.42. The van der Waals surface area contributed by atoms with Crippen molar-refractivity contribution in [2.45, 2.75) is 191 Å². The van der Waals surface area contributed by atoms with E-state index in [1.807, 2.05) is 0 Å². The van der Waals surface area contributed by atoms with E-state index in [0.29, 0.717) is 19.3 Å². The van der Waals surface area contributed by atoms with E-state index in [4.69, 9.17) is 18.9 Å². The van der Waals surface area contributed by atoms with Gasteiger partial charge in [0.05, 0.1) is 36.6 Å². The maximum absolute atomic E-state index is 12.2. The second-order valence-electron chi connectivity index (χ2n) is 20.6. The van der Waals surface area contributed by atoms with Gasteiger partial charge in [-0.1, -0.05) is 46.8 Å². The summed E-state index contributed by atoms with van der Waals surface area (Å²) >= 11 is 0. The van der Waals surface area contributed by atoms with Gasteiger partial charge < -0.3 is 75.1 Å². The number of aliphatic hydroxyl groups is 11. The molecular formula is C42H72O15. The largest absolute Gasteiger partial charge is 0.394 e. The average Bonchev–Trinajstić information content (AvgIpc) is 3.52. The van der Waals surface area contributed by atoms with Gasteiger partial charge in [0.15, 0.2) is 12.6 Å². The first kappa shape index (κ1) is 45.7. The van der Waals surface area contributed by atoms with Crippen LogP contribution in [0.5, 0.6) is 0 Å². The van der Waals surface area contributed by atoms with Crippen molar-refractivity contribution in [1.29, 1.82) is 0 Å². The molecule has 0 amide bonds. The number of rotatable bonds is 10. The van der Waals surface area contributed by atoms with E-state index in [-0.39, 0.29) is 39.9 Å². The lowest BCUT2D eigenvalue weighted by Crippen LogP contribution is -2.67. The summed E-state index contributed by atoms with van der Waals surface area (Å²) in [6.45, 7) is 14.7. The molecule has 4 aliphatic carbocycles. The summed E-state index contributed by atoms with van der Waals surface area (Å²) in [7, 11) is 0. The monoisotopic (exact) mass is 816 g/mol. The number of hydrogen-bond donors (Lipinski definition) is 11. The van der Waals surface area contributed by atoms with Crippen LogP contribution in [0.2, 0.25) is 0 Å². The lowest BCUT2D eigenvalue weighted by atomic mass is 9.35. The molecule has 0 bridgehead atoms. The molecule has 2 aliphatic heterocycles. The lowest BCUT2D eigenvalue weighted by Gasteiger charge is -2.70. The number of hydrogen-bond acceptors (Lipinski definition) is 15. The minimum absolute atomic E-state index is 0.123. The van der Waals surface area contributed by atoms with Gasteiger partial charge >= 0.3 is 0 Å². The molecule has 2 saturated heterocycles. The van der Waals surface area contributed by atoms with Crippen LogP contribution in [0, 0.1) is 45.3 Å². The maximum Gasteiger partial charge on any atom is 0.187 e. The Morgan fingerprint density at radius 2 is 1.28 bits per heavy atom. The first-order valence-corrected chi connectivity index (χ1v) is 21.0. The fraction of sp³-hybridized carbons (Fsp3) is 0.952. The van der Waals surface area contributed by atoms with E-state index < -0.39 is 110 Å². The molecule has 6 aliphatic rings. The van der Waals surface area contributed by atoms with Gasteiger partial charge in [-0.2, -0.15) is 0 Å². The summed E-state index contributed by atoms with van der Waals surface area (Å²) in [5.41, 5.74) is -3.85. The quantitative estimate of drug-likeness (QED) is 0.103. The second kappa shape index (κ2) is 15.8. The molecule has 2 heterocycles. The highest BCUT2D eigenvalue weighted by atomic mass is 16.8. The van der Waals surface area contributed by atoms with Crippen LogP contribution >= 0.6 is 0 Å². The number of fused-ring (bicyclic) bond motifs is 5. The van der Waals surface area contributed by atoms with Gasteiger partial charge in [-0.05, 0) is 111 Å². The molecule has 6 rings (SSSR count). The molecule has 15 nitrogen and oxygen atoms in total. The molecule has 0 aromatic rings. The SMILES string of the molecule is CC(C)(O)C(O)C=CC(C)(O)C1CCC2(C)C1C(O)CC1C3(C)CCC(OC4OC(CO)C(O)C(O)C4OC4OC(CO)C(O)C(O)C4O)C(C)(C)C3CCC12C. The molecule has 21 atom stereocenters. The third kappa shape index (κ3) is 7.49. The van der Waals surface area contributed by atoms with Crippen LogP contribution in [0.15, 0.2) is 12.2 Å². The molecular weight excluding hydrogens is 744 g/mol. The zero-order valence-corrected chi connectivity index (χ0v) is 34.9. The van der Waals surface area contributed by atoms with Crippen LogP contribution in [-0.4, -0.2) is 160 Å². The van der Waals surface area contributed by atoms with Gasteiger partial charge in [0, 0.05) is 0 Å². The van der Waals surface area contributed by atoms with Gasteiger partial charge in [0.2, 0.25) is 0 Å². The van der Waals surface area contributed by atoms with Crippen LogP contribution in [0.3, 0.4) is 0 Å². The van der Waals surface area contributed by atoms with Crippen LogP contribution in [0.1, 0.15) is 100 Å². The first-order chi connectivity index (χ1) is 26.3. The van der Waals surface area contributed by atoms with E-state index >= 15 is 0 Å². The lowest BCUT2D eigenvalue weighted by molar-refractivity contribution is -0.378. The fourth-order valence-electron chi connectivity index (χ4n) is 13.1. The van der Waals surface area contributed by atoms with E-state index in [9.17, 15) is 56.2 Å². The molecule has 330 valence electrons. The van der Waals surface area contributed by atoms with E-state index in [1.54, 1.807) is 13.0 Å². The van der Waals surface area contributed by atoms with Gasteiger partial charge in [-0.25, -0.2) is 0 Å². The van der Waals surface area contributed by atoms with Gasteiger partial charge in [0.1, 0.15) is 54.9 Å². The van der Waals surface area contributed by atoms with Gasteiger partial charge in [-0.3, -0.25) is 0 Å². The van der Waals surface area contributed by atoms with Gasteiger partial charge in [0.25, 0.3) is 0 Å². The van der Waals surface area contributed by atoms with Crippen molar-refractivity contribution in [1.82, 2.24) is 0 Å². The Morgan fingerprint density at radius 1 is 0.702 bits per heavy atom. The molecule has 0 aromatic carbocycles. The third-order valence-electron chi connectivity index (χ3n) is 16.7. The molecule has 0 spiro atoms. The highest BCUT2D eigenvalue weighted by Gasteiger charge is 2.71. The molecule has 21 unspecified atom stereocenters. The minimum Gasteiger partial charge on any atom is -0.394 e. The molecule has 6 fully saturated rings. The molecule has 0 radical (unpaired) electrons. The molecule has 0 aromatic heterocycles. The Balaban J connectivity index is 1.23. The predicted octanol–water partition coefficient (Wildman–Crippen LogP) is 0.0906. The molecule has 4 saturated carbocycles. The minimum atomic E-state index is -1.77. The summed E-state index contributed by atoms with van der Waals surface area (Å²) in [4.78, 5) is 0. The smallest absolute Gasteiger partial charge is 0.187 e. The van der Waals surface area contributed by atoms with Crippen molar-refractivity contribution in [2.24, 2.45) is 45.3 Å². The highest BCUT2D eigenvalue weighted by molar-refractivity contribution is 5.22. The zero-order valence-electron chi connectivity index (χ0n) is 34.9. The van der Waals surface area contributed by atoms with Crippen molar-refractivity contribution in [3.63, 3.8) is 0 Å². The molecule has 57 heavy (non-hydrogen) atoms. The maximum atomic E-state index is 12.2. The van der Waals surface area contributed by atoms with Gasteiger partial charge in [-0.15, -0.1) is 0 Å². The van der Waals surface area contributed by atoms with Crippen LogP contribution < -0.4 is 0 Å². The topological polar surface area (TPSA) is 259 Å². The van der Waals surface area contributed by atoms with E-state index in [2.05, 4.69) is 34.6 Å². The Kier molecular flexibility index (Phi) is 12.7. The Morgan fingerprint density at radius 3 is 1.88 bits per heavy atom. The molecule has 15 heteroatoms. The molecule has 11 N–H and O–H groups in total. The van der Waals surface area contributed by atoms with Crippen molar-refractivity contribution in [3.8, 4) is 0 Å². The number of aliphatic hydroxyl groups excluding tert-OH is 9. The number of ether oxygens (including phenoxy) is 4. The Bertz CT molecular complexity index is 1430. The zero-order chi connectivity index (χ0) is 42.4. The van der Waals surface area contributed by atoms with Crippen molar-refractivity contribution >= 4 is 0 Å². The second-order valence-corrected chi connectivity index (χ2v) is 20.6. The average molecular weight is 817 g/mol. The summed E-state index contributed by atoms with van der Waals surface area (Å²) < 4.78 is 24.3. The van der Waals surface area contributed by atoms with Crippen LogP contribution in [0.25, 0.3) is 0 Å². The fourth-order valence-corrected chi connectivity index (χ4v) is 13.1. The standard InChI is InChI=1S/C42H72O15/c1-37(2)24-10-15-40(6)25(17-21(45)28-20(9-14-41(28,40)7)42(8,53)16-11-26(46)38(3,4)52)39(24,5)13-12-27(37)56-36-34(32(50)30(48)23(19-44)55-36)57-35-33(51)31(49)29(47)22(18-43)54-35/h11,16,20-36,43-53H,9-10,12-15,17-19H2,1-8H3. The Hall–Kier alpha value is -0.860. The summed E-state index contributed by atoms with van der Waals surface area (Å²) in [5.74, 6) is -0.175. The van der Waals surface area contributed by atoms with Crippen molar-refractivity contribution < 1.29 is 75.1 Å². The highest BCUT2D eigenvalue weighted by Crippen LogP contribution is 2.76. The van der Waals surface area contributed by atoms with E-state index in [0.717, 1.165) is 25.7 Å². The Labute approximate surface area is 336 Å². The summed E-state index contributed by atoms with van der Waals surface area (Å²) in [6, 6.07) is 0. The normalized spacial score (nSPS) is 51.8.